The molecule has 1 N–H and O–H groups in total. The molecule has 1 aliphatic rings. The fraction of sp³-hybridized carbons (Fsp3) is 0.269. The minimum absolute atomic E-state index is 0.152. The Morgan fingerprint density at radius 2 is 1.91 bits per heavy atom. The lowest BCUT2D eigenvalue weighted by atomic mass is 10.1. The second-order valence-corrected chi connectivity index (χ2v) is 8.72. The number of carbonyl (C=O) groups excluding carboxylic acids is 1. The Bertz CT molecular complexity index is 1340. The average molecular weight is 476 g/mol. The number of ether oxygens (including phenoxy) is 1. The molecule has 8 heteroatoms. The van der Waals surface area contributed by atoms with E-state index >= 15 is 0 Å². The van der Waals surface area contributed by atoms with Crippen LogP contribution < -0.4 is 15.0 Å². The second kappa shape index (κ2) is 9.73. The van der Waals surface area contributed by atoms with Gasteiger partial charge in [0.1, 0.15) is 5.75 Å². The van der Waals surface area contributed by atoms with Crippen LogP contribution in [0.25, 0.3) is 21.8 Å². The molecule has 0 spiro atoms. The average Bonchev–Trinajstić information content (AvgIpc) is 2.88. The van der Waals surface area contributed by atoms with E-state index in [1.54, 1.807) is 13.3 Å². The molecule has 3 heterocycles. The van der Waals surface area contributed by atoms with Crippen molar-refractivity contribution in [2.24, 2.45) is 0 Å². The number of nitrogens with zero attached hydrogens (tertiary/aromatic N) is 4. The predicted molar refractivity (Wildman–Crippen MR) is 137 cm³/mol. The summed E-state index contributed by atoms with van der Waals surface area (Å²) in [5, 5.41) is 6.13. The Morgan fingerprint density at radius 3 is 2.74 bits per heavy atom. The first-order chi connectivity index (χ1) is 16.6. The van der Waals surface area contributed by atoms with Gasteiger partial charge in [0.25, 0.3) is 0 Å². The lowest BCUT2D eigenvalue weighted by Gasteiger charge is -2.36. The van der Waals surface area contributed by atoms with Gasteiger partial charge < -0.3 is 19.9 Å². The van der Waals surface area contributed by atoms with E-state index in [4.69, 9.17) is 16.3 Å². The van der Waals surface area contributed by atoms with Gasteiger partial charge in [0.2, 0.25) is 5.91 Å². The van der Waals surface area contributed by atoms with Crippen LogP contribution in [0.2, 0.25) is 5.02 Å². The quantitative estimate of drug-likeness (QED) is 0.439. The number of hydrogen-bond acceptors (Lipinski definition) is 6. The van der Waals surface area contributed by atoms with E-state index in [-0.39, 0.29) is 5.91 Å². The predicted octanol–water partition coefficient (Wildman–Crippen LogP) is 4.60. The van der Waals surface area contributed by atoms with Crippen molar-refractivity contribution in [2.45, 2.75) is 6.42 Å². The third-order valence-electron chi connectivity index (χ3n) is 6.22. The van der Waals surface area contributed by atoms with Crippen molar-refractivity contribution in [3.8, 4) is 5.75 Å². The molecule has 4 aromatic rings. The third kappa shape index (κ3) is 4.56. The van der Waals surface area contributed by atoms with Crippen molar-refractivity contribution < 1.29 is 9.53 Å². The van der Waals surface area contributed by atoms with Crippen LogP contribution in [0.4, 0.5) is 11.4 Å². The number of pyridine rings is 2. The zero-order valence-corrected chi connectivity index (χ0v) is 19.8. The number of piperazine rings is 1. The number of nitrogens with one attached hydrogen (secondary N) is 1. The zero-order chi connectivity index (χ0) is 23.5. The molecule has 34 heavy (non-hydrogen) atoms. The Morgan fingerprint density at radius 1 is 1.06 bits per heavy atom. The fourth-order valence-electron chi connectivity index (χ4n) is 4.46. The van der Waals surface area contributed by atoms with E-state index in [0.717, 1.165) is 52.0 Å². The largest absolute Gasteiger partial charge is 0.497 e. The maximum atomic E-state index is 12.9. The Kier molecular flexibility index (Phi) is 6.36. The van der Waals surface area contributed by atoms with Crippen molar-refractivity contribution in [1.82, 2.24) is 14.9 Å². The first-order valence-corrected chi connectivity index (χ1v) is 11.7. The number of amides is 1. The summed E-state index contributed by atoms with van der Waals surface area (Å²) in [5.74, 6) is 0.912. The number of methoxy groups -OCH3 is 1. The lowest BCUT2D eigenvalue weighted by molar-refractivity contribution is -0.131. The summed E-state index contributed by atoms with van der Waals surface area (Å²) < 4.78 is 5.41. The number of rotatable bonds is 6. The number of hydrogen-bond donors (Lipinski definition) is 1. The summed E-state index contributed by atoms with van der Waals surface area (Å²) in [5.41, 5.74) is 3.76. The number of halogens is 1. The molecule has 0 unspecified atom stereocenters. The molecule has 1 aliphatic heterocycles. The highest BCUT2D eigenvalue weighted by molar-refractivity contribution is 6.31. The SMILES string of the molecule is COc1cc(NCCC(=O)N2CCN(c3ccnc4cc(Cl)ccc34)CC2)c2ncccc2c1. The molecule has 2 aromatic carbocycles. The molecule has 7 nitrogen and oxygen atoms in total. The van der Waals surface area contributed by atoms with Gasteiger partial charge in [-0.2, -0.15) is 0 Å². The van der Waals surface area contributed by atoms with E-state index < -0.39 is 0 Å². The first kappa shape index (κ1) is 22.2. The molecule has 1 fully saturated rings. The van der Waals surface area contributed by atoms with Crippen LogP contribution in [-0.4, -0.2) is 60.6 Å². The highest BCUT2D eigenvalue weighted by Gasteiger charge is 2.22. The van der Waals surface area contributed by atoms with E-state index in [9.17, 15) is 4.79 Å². The van der Waals surface area contributed by atoms with Gasteiger partial charge in [0, 0.05) is 79.1 Å². The minimum atomic E-state index is 0.152. The highest BCUT2D eigenvalue weighted by Crippen LogP contribution is 2.29. The maximum Gasteiger partial charge on any atom is 0.224 e. The van der Waals surface area contributed by atoms with Crippen molar-refractivity contribution in [3.63, 3.8) is 0 Å². The van der Waals surface area contributed by atoms with E-state index in [2.05, 4.69) is 20.2 Å². The maximum absolute atomic E-state index is 12.9. The summed E-state index contributed by atoms with van der Waals surface area (Å²) in [6, 6.07) is 15.6. The van der Waals surface area contributed by atoms with Gasteiger partial charge in [-0.1, -0.05) is 17.7 Å². The third-order valence-corrected chi connectivity index (χ3v) is 6.46. The number of benzene rings is 2. The molecule has 0 aliphatic carbocycles. The Balaban J connectivity index is 1.19. The Hall–Kier alpha value is -3.58. The Labute approximate surface area is 203 Å². The fourth-order valence-corrected chi connectivity index (χ4v) is 4.62. The normalized spacial score (nSPS) is 13.9. The summed E-state index contributed by atoms with van der Waals surface area (Å²) in [6.45, 7) is 3.49. The molecular weight excluding hydrogens is 450 g/mol. The smallest absolute Gasteiger partial charge is 0.224 e. The van der Waals surface area contributed by atoms with Crippen LogP contribution in [0, 0.1) is 0 Å². The molecule has 1 saturated heterocycles. The molecule has 1 amide bonds. The second-order valence-electron chi connectivity index (χ2n) is 8.29. The topological polar surface area (TPSA) is 70.6 Å². The van der Waals surface area contributed by atoms with E-state index in [0.29, 0.717) is 31.1 Å². The van der Waals surface area contributed by atoms with E-state index in [1.807, 2.05) is 59.6 Å². The standard InChI is InChI=1S/C26H26ClN5O2/c1-34-20-15-18-3-2-8-30-26(18)23(17-20)29-10-7-25(33)32-13-11-31(12-14-32)24-6-9-28-22-16-19(27)4-5-21(22)24/h2-6,8-9,15-17,29H,7,10-14H2,1H3. The molecule has 0 atom stereocenters. The zero-order valence-electron chi connectivity index (χ0n) is 19.0. The molecule has 0 radical (unpaired) electrons. The molecule has 174 valence electrons. The van der Waals surface area contributed by atoms with Crippen LogP contribution in [0.1, 0.15) is 6.42 Å². The van der Waals surface area contributed by atoms with Gasteiger partial charge in [-0.3, -0.25) is 14.8 Å². The molecule has 5 rings (SSSR count). The van der Waals surface area contributed by atoms with Crippen LogP contribution in [0.15, 0.2) is 60.9 Å². The molecule has 0 saturated carbocycles. The minimum Gasteiger partial charge on any atom is -0.497 e. The molecule has 0 bridgehead atoms. The monoisotopic (exact) mass is 475 g/mol. The van der Waals surface area contributed by atoms with Crippen molar-refractivity contribution in [3.05, 3.63) is 65.9 Å². The van der Waals surface area contributed by atoms with Crippen LogP contribution in [0.3, 0.4) is 0 Å². The van der Waals surface area contributed by atoms with Gasteiger partial charge in [0.15, 0.2) is 0 Å². The van der Waals surface area contributed by atoms with Gasteiger partial charge in [-0.15, -0.1) is 0 Å². The first-order valence-electron chi connectivity index (χ1n) is 11.4. The van der Waals surface area contributed by atoms with Crippen LogP contribution in [-0.2, 0) is 4.79 Å². The summed E-state index contributed by atoms with van der Waals surface area (Å²) >= 11 is 6.12. The number of fused-ring (bicyclic) bond motifs is 2. The van der Waals surface area contributed by atoms with Crippen LogP contribution >= 0.6 is 11.6 Å². The van der Waals surface area contributed by atoms with Gasteiger partial charge in [0.05, 0.1) is 23.8 Å². The summed E-state index contributed by atoms with van der Waals surface area (Å²) in [4.78, 5) is 26.0. The van der Waals surface area contributed by atoms with Crippen molar-refractivity contribution >= 4 is 50.7 Å². The summed E-state index contributed by atoms with van der Waals surface area (Å²) in [7, 11) is 1.65. The van der Waals surface area contributed by atoms with Gasteiger partial charge in [-0.25, -0.2) is 0 Å². The van der Waals surface area contributed by atoms with Gasteiger partial charge >= 0.3 is 0 Å². The lowest BCUT2D eigenvalue weighted by Crippen LogP contribution is -2.49. The van der Waals surface area contributed by atoms with Crippen molar-refractivity contribution in [2.75, 3.05) is 50.1 Å². The summed E-state index contributed by atoms with van der Waals surface area (Å²) in [6.07, 6.45) is 4.00. The number of aromatic nitrogens is 2. The number of carbonyl (C=O) groups is 1. The van der Waals surface area contributed by atoms with Crippen molar-refractivity contribution in [1.29, 1.82) is 0 Å². The molecule has 2 aromatic heterocycles. The van der Waals surface area contributed by atoms with E-state index in [1.165, 1.54) is 0 Å². The number of anilines is 2. The van der Waals surface area contributed by atoms with Gasteiger partial charge in [-0.05, 0) is 36.4 Å². The highest BCUT2D eigenvalue weighted by atomic mass is 35.5. The molecular formula is C26H26ClN5O2. The van der Waals surface area contributed by atoms with Crippen LogP contribution in [0.5, 0.6) is 5.75 Å².